The Morgan fingerprint density at radius 1 is 0.533 bits per heavy atom. The monoisotopic (exact) mass is 243 g/mol. The molecule has 0 aromatic carbocycles. The number of aliphatic carboxylic acids is 4. The first-order chi connectivity index (χ1) is 5.29. The smallest absolute Gasteiger partial charge is 0.414 e. The minimum Gasteiger partial charge on any atom is -0.473 e. The number of carboxylic acid groups (broad SMARTS) is 4. The van der Waals surface area contributed by atoms with Gasteiger partial charge in [-0.25, -0.2) is 19.2 Å². The molecule has 0 unspecified atom stereocenters. The second kappa shape index (κ2) is 14.8. The van der Waals surface area contributed by atoms with Crippen LogP contribution in [0.2, 0.25) is 0 Å². The van der Waals surface area contributed by atoms with Crippen LogP contribution in [0.15, 0.2) is 0 Å². The molecule has 0 aliphatic carbocycles. The summed E-state index contributed by atoms with van der Waals surface area (Å²) in [5, 5.41) is 29.6. The maximum Gasteiger partial charge on any atom is 0.414 e. The fraction of sp³-hybridized carbons (Fsp3) is 0. The molecular weight excluding hydrogens is 235 g/mol. The Morgan fingerprint density at radius 3 is 0.600 bits per heavy atom. The summed E-state index contributed by atoms with van der Waals surface area (Å²) >= 11 is 0. The van der Waals surface area contributed by atoms with Crippen LogP contribution in [0.1, 0.15) is 0 Å². The minimum absolute atomic E-state index is 0. The molecule has 0 saturated carbocycles. The zero-order chi connectivity index (χ0) is 10.3. The fourth-order valence-corrected chi connectivity index (χ4v) is 0. The number of carboxylic acids is 4. The maximum absolute atomic E-state index is 9.10. The normalized spacial score (nSPS) is 5.87. The molecule has 0 spiro atoms. The van der Waals surface area contributed by atoms with Crippen LogP contribution >= 0.6 is 0 Å². The third kappa shape index (κ3) is 32.8. The number of hydrogen-bond acceptors (Lipinski definition) is 4. The molecule has 10 nitrogen and oxygen atoms in total. The zero-order valence-electron chi connectivity index (χ0n) is 7.00. The summed E-state index contributed by atoms with van der Waals surface area (Å²) < 4.78 is 0. The summed E-state index contributed by atoms with van der Waals surface area (Å²) in [5.41, 5.74) is 0. The summed E-state index contributed by atoms with van der Waals surface area (Å²) in [4.78, 5) is 36.4. The van der Waals surface area contributed by atoms with Crippen molar-refractivity contribution in [2.45, 2.75) is 0 Å². The first-order valence-electron chi connectivity index (χ1n) is 2.21. The molecule has 87 valence electrons. The molecule has 0 aromatic heterocycles. The molecule has 0 aromatic rings. The lowest BCUT2D eigenvalue weighted by atomic mass is 10.7. The van der Waals surface area contributed by atoms with Gasteiger partial charge in [0.1, 0.15) is 0 Å². The molecule has 0 atom stereocenters. The van der Waals surface area contributed by atoms with Gasteiger partial charge < -0.3 is 31.4 Å². The van der Waals surface area contributed by atoms with Crippen LogP contribution in [0.5, 0.6) is 0 Å². The molecule has 0 saturated heterocycles. The highest BCUT2D eigenvalue weighted by molar-refractivity contribution is 6.27. The first kappa shape index (κ1) is 29.2. The fourth-order valence-electron chi connectivity index (χ4n) is 0. The van der Waals surface area contributed by atoms with Gasteiger partial charge in [-0.15, -0.1) is 0 Å². The van der Waals surface area contributed by atoms with Gasteiger partial charge in [0.2, 0.25) is 0 Å². The topological polar surface area (TPSA) is 212 Å². The third-order valence-corrected chi connectivity index (χ3v) is 0.366. The summed E-state index contributed by atoms with van der Waals surface area (Å²) in [7, 11) is 0. The van der Waals surface area contributed by atoms with Gasteiger partial charge in [-0.05, 0) is 0 Å². The molecule has 0 fully saturated rings. The summed E-state index contributed by atoms with van der Waals surface area (Å²) in [6, 6.07) is 0. The SMILES string of the molecule is O.O.O=C(O)C(=O)O.O=C(O)C(=O)O.[Al]. The Hall–Kier alpha value is -1.67. The molecule has 15 heavy (non-hydrogen) atoms. The summed E-state index contributed by atoms with van der Waals surface area (Å²) in [6.45, 7) is 0. The van der Waals surface area contributed by atoms with Crippen LogP contribution in [0.4, 0.5) is 0 Å². The summed E-state index contributed by atoms with van der Waals surface area (Å²) in [5.74, 6) is -7.30. The van der Waals surface area contributed by atoms with Gasteiger partial charge in [0.15, 0.2) is 0 Å². The first-order valence-corrected chi connectivity index (χ1v) is 2.21. The average molecular weight is 243 g/mol. The van der Waals surface area contributed by atoms with E-state index in [-0.39, 0.29) is 28.3 Å². The largest absolute Gasteiger partial charge is 0.473 e. The predicted octanol–water partition coefficient (Wildman–Crippen LogP) is -3.72. The van der Waals surface area contributed by atoms with E-state index >= 15 is 0 Å². The van der Waals surface area contributed by atoms with Crippen LogP contribution in [-0.4, -0.2) is 72.6 Å². The van der Waals surface area contributed by atoms with Crippen molar-refractivity contribution in [2.75, 3.05) is 0 Å². The van der Waals surface area contributed by atoms with Crippen molar-refractivity contribution in [1.82, 2.24) is 0 Å². The van der Waals surface area contributed by atoms with Crippen LogP contribution in [0, 0.1) is 0 Å². The molecule has 0 aliphatic heterocycles. The van der Waals surface area contributed by atoms with Gasteiger partial charge in [0.05, 0.1) is 0 Å². The van der Waals surface area contributed by atoms with Crippen molar-refractivity contribution in [2.24, 2.45) is 0 Å². The molecule has 0 rings (SSSR count). The second-order valence-corrected chi connectivity index (χ2v) is 1.22. The van der Waals surface area contributed by atoms with Crippen molar-refractivity contribution >= 4 is 41.2 Å². The maximum atomic E-state index is 9.10. The van der Waals surface area contributed by atoms with Crippen LogP contribution in [-0.2, 0) is 19.2 Å². The van der Waals surface area contributed by atoms with Gasteiger partial charge in [-0.2, -0.15) is 0 Å². The number of carbonyl (C=O) groups is 4. The highest BCUT2D eigenvalue weighted by Gasteiger charge is 2.04. The number of rotatable bonds is 0. The van der Waals surface area contributed by atoms with Crippen LogP contribution in [0.3, 0.4) is 0 Å². The molecule has 3 radical (unpaired) electrons. The van der Waals surface area contributed by atoms with Crippen LogP contribution < -0.4 is 0 Å². The van der Waals surface area contributed by atoms with Gasteiger partial charge in [0, 0.05) is 17.4 Å². The van der Waals surface area contributed by atoms with E-state index in [1.807, 2.05) is 0 Å². The van der Waals surface area contributed by atoms with E-state index in [0.29, 0.717) is 0 Å². The molecular formula is C4H8AlO10. The van der Waals surface area contributed by atoms with E-state index in [1.165, 1.54) is 0 Å². The van der Waals surface area contributed by atoms with Crippen molar-refractivity contribution in [3.05, 3.63) is 0 Å². The molecule has 0 aliphatic rings. The van der Waals surface area contributed by atoms with Gasteiger partial charge in [-0.3, -0.25) is 0 Å². The Kier molecular flexibility index (Phi) is 28.9. The van der Waals surface area contributed by atoms with Crippen molar-refractivity contribution < 1.29 is 50.6 Å². The Bertz CT molecular complexity index is 173. The highest BCUT2D eigenvalue weighted by atomic mass is 27.0. The van der Waals surface area contributed by atoms with Crippen molar-refractivity contribution in [3.8, 4) is 0 Å². The standard InChI is InChI=1S/2C2H2O4.Al.2H2O/c2*3-1(4)2(5)6;;;/h2*(H,3,4)(H,5,6);;2*1H2. The average Bonchev–Trinajstić information content (AvgIpc) is 1.88. The lowest BCUT2D eigenvalue weighted by Crippen LogP contribution is -2.09. The highest BCUT2D eigenvalue weighted by Crippen LogP contribution is 1.56. The molecule has 11 heteroatoms. The molecule has 0 bridgehead atoms. The Balaban J connectivity index is -0.0000000370. The molecule has 0 heterocycles. The van der Waals surface area contributed by atoms with Crippen molar-refractivity contribution in [3.63, 3.8) is 0 Å². The lowest BCUT2D eigenvalue weighted by Gasteiger charge is -1.72. The van der Waals surface area contributed by atoms with E-state index in [0.717, 1.165) is 0 Å². The Labute approximate surface area is 92.5 Å². The Morgan fingerprint density at radius 2 is 0.600 bits per heavy atom. The van der Waals surface area contributed by atoms with E-state index in [2.05, 4.69) is 0 Å². The van der Waals surface area contributed by atoms with Gasteiger partial charge >= 0.3 is 23.9 Å². The van der Waals surface area contributed by atoms with E-state index in [1.54, 1.807) is 0 Å². The van der Waals surface area contributed by atoms with E-state index in [4.69, 9.17) is 39.6 Å². The second-order valence-electron chi connectivity index (χ2n) is 1.22. The molecule has 0 amide bonds. The van der Waals surface area contributed by atoms with Crippen molar-refractivity contribution in [1.29, 1.82) is 0 Å². The number of hydrogen-bond donors (Lipinski definition) is 4. The minimum atomic E-state index is -1.82. The summed E-state index contributed by atoms with van der Waals surface area (Å²) in [6.07, 6.45) is 0. The van der Waals surface area contributed by atoms with Gasteiger partial charge in [-0.1, -0.05) is 0 Å². The third-order valence-electron chi connectivity index (χ3n) is 0.366. The quantitative estimate of drug-likeness (QED) is 0.244. The van der Waals surface area contributed by atoms with E-state index < -0.39 is 23.9 Å². The van der Waals surface area contributed by atoms with Crippen LogP contribution in [0.25, 0.3) is 0 Å². The van der Waals surface area contributed by atoms with E-state index in [9.17, 15) is 0 Å². The van der Waals surface area contributed by atoms with Gasteiger partial charge in [0.25, 0.3) is 0 Å². The molecule has 8 N–H and O–H groups in total. The zero-order valence-corrected chi connectivity index (χ0v) is 8.15. The predicted molar refractivity (Wildman–Crippen MR) is 43.5 cm³/mol. The lowest BCUT2D eigenvalue weighted by molar-refractivity contribution is -0.159.